The van der Waals surface area contributed by atoms with Crippen molar-refractivity contribution in [1.82, 2.24) is 18.1 Å². The molecule has 0 fully saturated rings. The van der Waals surface area contributed by atoms with Crippen LogP contribution in [0.25, 0.3) is 0 Å². The number of hydrogen-bond donors (Lipinski definition) is 4. The second-order valence-electron chi connectivity index (χ2n) is 5.03. The van der Waals surface area contributed by atoms with E-state index in [0.717, 1.165) is 0 Å². The maximum absolute atomic E-state index is 6.34. The van der Waals surface area contributed by atoms with E-state index in [4.69, 9.17) is 35.9 Å². The van der Waals surface area contributed by atoms with E-state index >= 15 is 0 Å². The molecule has 0 aliphatic heterocycles. The summed E-state index contributed by atoms with van der Waals surface area (Å²) in [6.07, 6.45) is 7.74. The topological polar surface area (TPSA) is 82.6 Å². The van der Waals surface area contributed by atoms with E-state index in [2.05, 4.69) is 60.3 Å². The molecule has 17 heteroatoms. The molecule has 0 aromatic carbocycles. The van der Waals surface area contributed by atoms with Crippen LogP contribution in [-0.4, -0.2) is 75.7 Å². The summed E-state index contributed by atoms with van der Waals surface area (Å²) in [4.78, 5) is 1.09. The van der Waals surface area contributed by atoms with Crippen LogP contribution in [0.2, 0.25) is 0 Å². The van der Waals surface area contributed by atoms with Gasteiger partial charge in [-0.25, -0.2) is 7.42 Å². The fraction of sp³-hybridized carbons (Fsp3) is 0.692. The van der Waals surface area contributed by atoms with E-state index in [1.165, 1.54) is 47.8 Å². The van der Waals surface area contributed by atoms with E-state index in [1.807, 2.05) is 39.4 Å². The van der Waals surface area contributed by atoms with Crippen LogP contribution in [0, 0.1) is 0 Å². The van der Waals surface area contributed by atoms with Gasteiger partial charge in [-0.15, -0.1) is 0 Å². The smallest absolute Gasteiger partial charge is 0.412 e. The van der Waals surface area contributed by atoms with Gasteiger partial charge in [0.2, 0.25) is 0 Å². The predicted octanol–water partition coefficient (Wildman–Crippen LogP) is 2.23. The summed E-state index contributed by atoms with van der Waals surface area (Å²) in [6, 6.07) is 0.167. The van der Waals surface area contributed by atoms with Gasteiger partial charge in [0, 0.05) is 44.2 Å². The fourth-order valence-electron chi connectivity index (χ4n) is 1.56. The molecular formula is C13H26N6S10Zn. The van der Waals surface area contributed by atoms with Crippen LogP contribution in [0.15, 0.2) is 0 Å². The van der Waals surface area contributed by atoms with Gasteiger partial charge in [-0.1, -0.05) is 33.1 Å². The van der Waals surface area contributed by atoms with E-state index in [9.17, 15) is 0 Å². The third kappa shape index (κ3) is 14.3. The monoisotopic (exact) mass is 650 g/mol. The van der Waals surface area contributed by atoms with E-state index in [1.54, 1.807) is 0 Å². The Kier molecular flexibility index (Phi) is 24.7. The zero-order chi connectivity index (χ0) is 23.2. The zero-order valence-electron chi connectivity index (χ0n) is 17.3. The molecule has 0 spiro atoms. The number of rotatable bonds is 10. The molecule has 0 radical (unpaired) electrons. The predicted molar refractivity (Wildman–Crippen MR) is 159 cm³/mol. The van der Waals surface area contributed by atoms with Crippen LogP contribution in [0.4, 0.5) is 0 Å². The van der Waals surface area contributed by atoms with Crippen LogP contribution in [0.5, 0.6) is 0 Å². The summed E-state index contributed by atoms with van der Waals surface area (Å²) in [5.74, 6) is 0. The number of nitrogens with one attached hydrogen (secondary N) is 2. The van der Waals surface area contributed by atoms with Gasteiger partial charge in [-0.3, -0.25) is 0 Å². The molecule has 0 amide bonds. The molecule has 0 bridgehead atoms. The largest absolute Gasteiger partial charge is 2.00 e. The maximum atomic E-state index is 6.34. The number of hydrogen-bond acceptors (Lipinski definition) is 12. The van der Waals surface area contributed by atoms with E-state index in [0.29, 0.717) is 25.2 Å². The summed E-state index contributed by atoms with van der Waals surface area (Å²) in [5.41, 5.74) is 11.2. The Balaban J connectivity index is -0.000000525. The fourth-order valence-corrected chi connectivity index (χ4v) is 5.96. The number of nitrogens with two attached hydrogens (primary N) is 2. The van der Waals surface area contributed by atoms with Gasteiger partial charge in [0.15, 0.2) is 0 Å². The van der Waals surface area contributed by atoms with Crippen molar-refractivity contribution in [2.75, 3.05) is 38.1 Å². The van der Waals surface area contributed by atoms with Crippen molar-refractivity contribution in [3.05, 3.63) is 0 Å². The first kappa shape index (κ1) is 36.5. The molecule has 0 rings (SSSR count). The molecule has 0 saturated carbocycles. The van der Waals surface area contributed by atoms with Gasteiger partial charge in [-0.2, -0.15) is 0 Å². The van der Waals surface area contributed by atoms with Gasteiger partial charge in [0.1, 0.15) is 15.5 Å². The minimum absolute atomic E-state index is 0. The van der Waals surface area contributed by atoms with Crippen molar-refractivity contribution >= 4 is 141 Å². The molecule has 0 saturated heterocycles. The van der Waals surface area contributed by atoms with Crippen LogP contribution in [-0.2, 0) is 44.7 Å². The van der Waals surface area contributed by atoms with E-state index < -0.39 is 5.54 Å². The number of thiocarbonyl (C=S) groups is 4. The van der Waals surface area contributed by atoms with Crippen molar-refractivity contribution in [1.29, 1.82) is 0 Å². The molecule has 0 heterocycles. The van der Waals surface area contributed by atoms with Crippen LogP contribution >= 0.6 is 96.7 Å². The molecule has 0 aromatic heterocycles. The number of nitrogens with zero attached hydrogens (tertiary/aromatic N) is 2. The minimum Gasteiger partial charge on any atom is -0.412 e. The molecule has 30 heavy (non-hydrogen) atoms. The van der Waals surface area contributed by atoms with Crippen LogP contribution < -0.4 is 22.1 Å². The van der Waals surface area contributed by atoms with Gasteiger partial charge < -0.3 is 71.8 Å². The van der Waals surface area contributed by atoms with Crippen LogP contribution in [0.3, 0.4) is 0 Å². The summed E-state index contributed by atoms with van der Waals surface area (Å²) in [6.45, 7) is 2.78. The average Bonchev–Trinajstić information content (AvgIpc) is 2.67. The summed E-state index contributed by atoms with van der Waals surface area (Å²) in [7, 11) is 0. The third-order valence-corrected chi connectivity index (χ3v) is 8.92. The van der Waals surface area contributed by atoms with Crippen molar-refractivity contribution in [3.63, 3.8) is 0 Å². The van der Waals surface area contributed by atoms with Gasteiger partial charge in [0.05, 0.1) is 0 Å². The first-order chi connectivity index (χ1) is 13.4. The second-order valence-corrected chi connectivity index (χ2v) is 11.3. The van der Waals surface area contributed by atoms with Gasteiger partial charge in [0.25, 0.3) is 0 Å². The first-order valence-corrected chi connectivity index (χ1v) is 14.9. The first-order valence-electron chi connectivity index (χ1n) is 7.71. The Morgan fingerprint density at radius 1 is 0.933 bits per heavy atom. The Morgan fingerprint density at radius 2 is 1.30 bits per heavy atom. The Hall–Kier alpha value is 1.94. The summed E-state index contributed by atoms with van der Waals surface area (Å²) < 4.78 is 4.45. The Morgan fingerprint density at radius 3 is 1.53 bits per heavy atom. The third-order valence-electron chi connectivity index (χ3n) is 3.00. The SMILES string of the molecule is CC(CNC(=S)[S-])NC(=S)[S-].CSN(SC)C(=S)C(N)(CN)C(=S)N(SC)SC.[Zn+2]. The minimum atomic E-state index is -0.983. The Bertz CT molecular complexity index is 523. The zero-order valence-corrected chi connectivity index (χ0v) is 28.5. The normalized spacial score (nSPS) is 11.0. The molecule has 1 atom stereocenters. The molecule has 1 unspecified atom stereocenters. The molecule has 6 nitrogen and oxygen atoms in total. The summed E-state index contributed by atoms with van der Waals surface area (Å²) in [5, 5.41) is 5.70. The van der Waals surface area contributed by atoms with Gasteiger partial charge >= 0.3 is 19.5 Å². The average molecular weight is 652 g/mol. The van der Waals surface area contributed by atoms with Crippen molar-refractivity contribution < 1.29 is 19.5 Å². The standard InChI is InChI=1S/C8H18N4S6.C5H10N2S4.Zn/c1-15-11(16-2)6(13)8(10,5-9)7(14)12(17-3)18-4;1-3(7-5(10)11)2-6-4(8)9;/h5,9-10H2,1-4H3;3H,2H2,1H3,(H2,6,8,9)(H2,7,10,11);/q;;+2/p-2. The quantitative estimate of drug-likeness (QED) is 0.121. The molecular weight excluding hydrogens is 626 g/mol. The van der Waals surface area contributed by atoms with Gasteiger partial charge in [-0.05, 0) is 54.7 Å². The summed E-state index contributed by atoms with van der Waals surface area (Å²) >= 11 is 35.5. The second kappa shape index (κ2) is 20.3. The van der Waals surface area contributed by atoms with E-state index in [-0.39, 0.29) is 32.1 Å². The molecule has 0 aliphatic carbocycles. The molecule has 0 aromatic rings. The molecule has 6 N–H and O–H groups in total. The molecule has 170 valence electrons. The maximum Gasteiger partial charge on any atom is 2.00 e. The Labute approximate surface area is 243 Å². The van der Waals surface area contributed by atoms with Crippen molar-refractivity contribution in [3.8, 4) is 0 Å². The van der Waals surface area contributed by atoms with Crippen LogP contribution in [0.1, 0.15) is 6.92 Å². The van der Waals surface area contributed by atoms with Crippen molar-refractivity contribution in [2.24, 2.45) is 11.5 Å². The molecule has 0 aliphatic rings. The van der Waals surface area contributed by atoms with Crippen molar-refractivity contribution in [2.45, 2.75) is 18.5 Å².